The maximum Gasteiger partial charge on any atom is 0.0470 e. The van der Waals surface area contributed by atoms with E-state index in [1.165, 1.54) is 17.9 Å². The summed E-state index contributed by atoms with van der Waals surface area (Å²) in [7, 11) is 1.76. The van der Waals surface area contributed by atoms with Crippen molar-refractivity contribution in [3.8, 4) is 0 Å². The van der Waals surface area contributed by atoms with Gasteiger partial charge in [0.15, 0.2) is 0 Å². The lowest BCUT2D eigenvalue weighted by molar-refractivity contribution is 0.200. The van der Waals surface area contributed by atoms with E-state index in [2.05, 4.69) is 19.2 Å². The summed E-state index contributed by atoms with van der Waals surface area (Å²) in [5.74, 6) is 3.27. The highest BCUT2D eigenvalue weighted by molar-refractivity contribution is 7.99. The zero-order chi connectivity index (χ0) is 9.94. The number of ether oxygens (including phenoxy) is 1. The van der Waals surface area contributed by atoms with Crippen LogP contribution in [0.3, 0.4) is 0 Å². The first-order valence-electron chi connectivity index (χ1n) is 5.08. The second-order valence-corrected chi connectivity index (χ2v) is 4.48. The Labute approximate surface area is 86.8 Å². The minimum atomic E-state index is 0.785. The summed E-state index contributed by atoms with van der Waals surface area (Å²) in [6.07, 6.45) is 1.18. The van der Waals surface area contributed by atoms with E-state index in [9.17, 15) is 0 Å². The van der Waals surface area contributed by atoms with Crippen molar-refractivity contribution in [2.45, 2.75) is 20.3 Å². The Bertz CT molecular complexity index is 101. The van der Waals surface area contributed by atoms with E-state index in [0.717, 1.165) is 25.6 Å². The van der Waals surface area contributed by atoms with Crippen molar-refractivity contribution in [1.82, 2.24) is 5.32 Å². The first kappa shape index (κ1) is 13.3. The summed E-state index contributed by atoms with van der Waals surface area (Å²) in [6.45, 7) is 7.57. The van der Waals surface area contributed by atoms with Crippen LogP contribution in [0.15, 0.2) is 0 Å². The molecule has 0 radical (unpaired) electrons. The third-order valence-corrected chi connectivity index (χ3v) is 3.16. The van der Waals surface area contributed by atoms with Crippen LogP contribution in [0, 0.1) is 5.92 Å². The molecule has 0 heterocycles. The number of rotatable bonds is 9. The van der Waals surface area contributed by atoms with E-state index >= 15 is 0 Å². The number of thioether (sulfide) groups is 1. The Hall–Kier alpha value is 0.270. The minimum Gasteiger partial charge on any atom is -0.385 e. The molecule has 0 aromatic heterocycles. The van der Waals surface area contributed by atoms with E-state index in [1.54, 1.807) is 7.11 Å². The molecule has 0 spiro atoms. The van der Waals surface area contributed by atoms with Crippen molar-refractivity contribution in [1.29, 1.82) is 0 Å². The Morgan fingerprint density at radius 2 is 2.23 bits per heavy atom. The molecule has 0 bridgehead atoms. The lowest BCUT2D eigenvalue weighted by atomic mass is 10.2. The lowest BCUT2D eigenvalue weighted by Crippen LogP contribution is -2.22. The Balaban J connectivity index is 3.03. The molecular weight excluding hydrogens is 182 g/mol. The monoisotopic (exact) mass is 205 g/mol. The Kier molecular flexibility index (Phi) is 10.6. The molecule has 0 aliphatic heterocycles. The first-order valence-corrected chi connectivity index (χ1v) is 6.24. The molecule has 0 aromatic rings. The van der Waals surface area contributed by atoms with Crippen LogP contribution in [0.2, 0.25) is 0 Å². The standard InChI is InChI=1S/C10H23NOS/c1-4-11-8-10(2)9-13-7-5-6-12-3/h10-11H,4-9H2,1-3H3. The summed E-state index contributed by atoms with van der Waals surface area (Å²) >= 11 is 2.03. The second kappa shape index (κ2) is 10.4. The smallest absolute Gasteiger partial charge is 0.0470 e. The molecule has 1 atom stereocenters. The molecular formula is C10H23NOS. The van der Waals surface area contributed by atoms with Crippen molar-refractivity contribution in [3.05, 3.63) is 0 Å². The number of nitrogens with one attached hydrogen (secondary N) is 1. The van der Waals surface area contributed by atoms with Crippen LogP contribution in [0.1, 0.15) is 20.3 Å². The molecule has 1 unspecified atom stereocenters. The van der Waals surface area contributed by atoms with Crippen LogP contribution in [-0.2, 0) is 4.74 Å². The second-order valence-electron chi connectivity index (χ2n) is 3.33. The van der Waals surface area contributed by atoms with Gasteiger partial charge in [-0.1, -0.05) is 13.8 Å². The van der Waals surface area contributed by atoms with Gasteiger partial charge < -0.3 is 10.1 Å². The third kappa shape index (κ3) is 10.2. The van der Waals surface area contributed by atoms with E-state index in [1.807, 2.05) is 11.8 Å². The average molecular weight is 205 g/mol. The van der Waals surface area contributed by atoms with Gasteiger partial charge in [-0.25, -0.2) is 0 Å². The molecule has 0 aromatic carbocycles. The van der Waals surface area contributed by atoms with Gasteiger partial charge in [0.2, 0.25) is 0 Å². The van der Waals surface area contributed by atoms with E-state index < -0.39 is 0 Å². The van der Waals surface area contributed by atoms with Crippen molar-refractivity contribution in [2.75, 3.05) is 38.3 Å². The summed E-state index contributed by atoms with van der Waals surface area (Å²) in [5.41, 5.74) is 0. The maximum atomic E-state index is 4.99. The topological polar surface area (TPSA) is 21.3 Å². The van der Waals surface area contributed by atoms with Crippen molar-refractivity contribution in [3.63, 3.8) is 0 Å². The van der Waals surface area contributed by atoms with E-state index in [4.69, 9.17) is 4.74 Å². The predicted molar refractivity (Wildman–Crippen MR) is 61.5 cm³/mol. The van der Waals surface area contributed by atoms with Gasteiger partial charge in [0.1, 0.15) is 0 Å². The summed E-state index contributed by atoms with van der Waals surface area (Å²) in [4.78, 5) is 0. The zero-order valence-corrected chi connectivity index (χ0v) is 9.95. The van der Waals surface area contributed by atoms with Crippen LogP contribution in [0.5, 0.6) is 0 Å². The Morgan fingerprint density at radius 3 is 2.85 bits per heavy atom. The maximum absolute atomic E-state index is 4.99. The molecule has 2 nitrogen and oxygen atoms in total. The molecule has 0 rings (SSSR count). The lowest BCUT2D eigenvalue weighted by Gasteiger charge is -2.10. The minimum absolute atomic E-state index is 0.785. The van der Waals surface area contributed by atoms with Crippen LogP contribution in [0.25, 0.3) is 0 Å². The normalized spacial score (nSPS) is 13.2. The van der Waals surface area contributed by atoms with Crippen LogP contribution in [-0.4, -0.2) is 38.3 Å². The highest BCUT2D eigenvalue weighted by atomic mass is 32.2. The number of hydrogen-bond donors (Lipinski definition) is 1. The number of methoxy groups -OCH3 is 1. The molecule has 3 heteroatoms. The zero-order valence-electron chi connectivity index (χ0n) is 9.14. The van der Waals surface area contributed by atoms with Crippen LogP contribution >= 0.6 is 11.8 Å². The summed E-state index contributed by atoms with van der Waals surface area (Å²) in [6, 6.07) is 0. The van der Waals surface area contributed by atoms with Crippen LogP contribution in [0.4, 0.5) is 0 Å². The molecule has 13 heavy (non-hydrogen) atoms. The molecule has 0 fully saturated rings. The van der Waals surface area contributed by atoms with Gasteiger partial charge in [-0.15, -0.1) is 0 Å². The fourth-order valence-corrected chi connectivity index (χ4v) is 2.05. The Morgan fingerprint density at radius 1 is 1.46 bits per heavy atom. The summed E-state index contributed by atoms with van der Waals surface area (Å²) < 4.78 is 4.99. The van der Waals surface area contributed by atoms with Gasteiger partial charge in [0, 0.05) is 13.7 Å². The van der Waals surface area contributed by atoms with Gasteiger partial charge in [0.25, 0.3) is 0 Å². The first-order chi connectivity index (χ1) is 6.31. The molecule has 80 valence electrons. The van der Waals surface area contributed by atoms with Gasteiger partial charge >= 0.3 is 0 Å². The predicted octanol–water partition coefficient (Wildman–Crippen LogP) is 2.00. The van der Waals surface area contributed by atoms with Gasteiger partial charge in [-0.05, 0) is 36.9 Å². The molecule has 0 aliphatic rings. The molecule has 0 aliphatic carbocycles. The van der Waals surface area contributed by atoms with Crippen molar-refractivity contribution < 1.29 is 4.74 Å². The highest BCUT2D eigenvalue weighted by Gasteiger charge is 2.00. The average Bonchev–Trinajstić information content (AvgIpc) is 2.14. The fraction of sp³-hybridized carbons (Fsp3) is 1.00. The summed E-state index contributed by atoms with van der Waals surface area (Å²) in [5, 5.41) is 3.36. The fourth-order valence-electron chi connectivity index (χ4n) is 1.04. The molecule has 0 saturated carbocycles. The van der Waals surface area contributed by atoms with Gasteiger partial charge in [0.05, 0.1) is 0 Å². The third-order valence-electron chi connectivity index (χ3n) is 1.78. The van der Waals surface area contributed by atoms with E-state index in [-0.39, 0.29) is 0 Å². The SMILES string of the molecule is CCNCC(C)CSCCCOC. The molecule has 0 amide bonds. The van der Waals surface area contributed by atoms with E-state index in [0.29, 0.717) is 0 Å². The van der Waals surface area contributed by atoms with Crippen LogP contribution < -0.4 is 5.32 Å². The quantitative estimate of drug-likeness (QED) is 0.582. The number of hydrogen-bond acceptors (Lipinski definition) is 3. The van der Waals surface area contributed by atoms with Gasteiger partial charge in [-0.3, -0.25) is 0 Å². The largest absolute Gasteiger partial charge is 0.385 e. The highest BCUT2D eigenvalue weighted by Crippen LogP contribution is 2.08. The molecule has 0 saturated heterocycles. The van der Waals surface area contributed by atoms with Crippen molar-refractivity contribution in [2.24, 2.45) is 5.92 Å². The molecule has 1 N–H and O–H groups in total. The van der Waals surface area contributed by atoms with Crippen molar-refractivity contribution >= 4 is 11.8 Å². The van der Waals surface area contributed by atoms with Gasteiger partial charge in [-0.2, -0.15) is 11.8 Å².